The Hall–Kier alpha value is -2.13. The van der Waals surface area contributed by atoms with E-state index in [2.05, 4.69) is 36.5 Å². The van der Waals surface area contributed by atoms with Gasteiger partial charge in [-0.1, -0.05) is 59.5 Å². The minimum absolute atomic E-state index is 0.188. The van der Waals surface area contributed by atoms with Crippen molar-refractivity contribution in [3.8, 4) is 0 Å². The summed E-state index contributed by atoms with van der Waals surface area (Å²) in [6.07, 6.45) is 4.60. The number of hydrogen-bond donors (Lipinski definition) is 1. The van der Waals surface area contributed by atoms with Gasteiger partial charge in [0.05, 0.1) is 16.3 Å². The molecule has 7 nitrogen and oxygen atoms in total. The van der Waals surface area contributed by atoms with Gasteiger partial charge in [-0.3, -0.25) is 9.59 Å². The Morgan fingerprint density at radius 3 is 2.32 bits per heavy atom. The first-order valence-corrected chi connectivity index (χ1v) is 15.2. The molecule has 2 aliphatic rings. The van der Waals surface area contributed by atoms with Crippen molar-refractivity contribution in [2.45, 2.75) is 44.6 Å². The summed E-state index contributed by atoms with van der Waals surface area (Å²) in [4.78, 5) is 28.1. The highest BCUT2D eigenvalue weighted by Crippen LogP contribution is 2.50. The average Bonchev–Trinajstić information content (AvgIpc) is 3.64. The molecular weight excluding hydrogens is 533 g/mol. The molecule has 0 bridgehead atoms. The van der Waals surface area contributed by atoms with E-state index in [0.717, 1.165) is 19.3 Å². The van der Waals surface area contributed by atoms with Crippen molar-refractivity contribution in [2.75, 3.05) is 32.4 Å². The molecule has 2 amide bonds. The molecule has 1 N–H and O–H groups in total. The monoisotopic (exact) mass is 565 g/mol. The van der Waals surface area contributed by atoms with Crippen LogP contribution < -0.4 is 5.32 Å². The van der Waals surface area contributed by atoms with Crippen LogP contribution in [0.1, 0.15) is 53.1 Å². The molecule has 1 aliphatic heterocycles. The maximum Gasteiger partial charge on any atom is 0.251 e. The maximum absolute atomic E-state index is 13.4. The number of benzene rings is 2. The third-order valence-corrected chi connectivity index (χ3v) is 9.34. The highest BCUT2D eigenvalue weighted by Gasteiger charge is 2.38. The van der Waals surface area contributed by atoms with E-state index in [9.17, 15) is 18.0 Å². The minimum atomic E-state index is -3.30. The van der Waals surface area contributed by atoms with Crippen LogP contribution in [0.2, 0.25) is 10.0 Å². The van der Waals surface area contributed by atoms with Crippen molar-refractivity contribution < 1.29 is 18.0 Å². The van der Waals surface area contributed by atoms with Crippen molar-refractivity contribution >= 4 is 45.0 Å². The van der Waals surface area contributed by atoms with E-state index in [4.69, 9.17) is 23.2 Å². The van der Waals surface area contributed by atoms with Gasteiger partial charge >= 0.3 is 0 Å². The van der Waals surface area contributed by atoms with Gasteiger partial charge in [0.1, 0.15) is 6.04 Å². The molecule has 1 aliphatic carbocycles. The van der Waals surface area contributed by atoms with Crippen LogP contribution in [-0.4, -0.2) is 67.9 Å². The van der Waals surface area contributed by atoms with Crippen molar-refractivity contribution in [2.24, 2.45) is 5.92 Å². The van der Waals surface area contributed by atoms with Crippen LogP contribution in [0.25, 0.3) is 0 Å². The van der Waals surface area contributed by atoms with Crippen LogP contribution in [0.3, 0.4) is 0 Å². The largest absolute Gasteiger partial charge is 0.340 e. The molecule has 0 spiro atoms. The Morgan fingerprint density at radius 1 is 1.03 bits per heavy atom. The van der Waals surface area contributed by atoms with Crippen molar-refractivity contribution in [3.05, 3.63) is 69.2 Å². The van der Waals surface area contributed by atoms with E-state index in [0.29, 0.717) is 41.9 Å². The number of nitrogens with one attached hydrogen (secondary N) is 1. The molecule has 3 atom stereocenters. The fraction of sp³-hybridized carbons (Fsp3) is 0.481. The zero-order chi connectivity index (χ0) is 26.7. The van der Waals surface area contributed by atoms with E-state index in [-0.39, 0.29) is 24.0 Å². The number of hydrogen-bond acceptors (Lipinski definition) is 4. The standard InChI is InChI=1S/C27H33Cl2N3O4S/c1-18-6-8-19(9-7-18)22-16-20(22)4-3-5-25(30-26(33)21-10-11-23(28)24(29)17-21)27(34)31-12-14-32(15-13-31)37(2,35)36/h6-11,17,20,22,25H,3-5,12-16H2,1-2H3,(H,30,33)/t20-,22+,25+/m1/s1. The molecule has 200 valence electrons. The fourth-order valence-electron chi connectivity index (χ4n) is 4.97. The topological polar surface area (TPSA) is 86.8 Å². The molecule has 2 fully saturated rings. The van der Waals surface area contributed by atoms with Crippen LogP contribution in [0.4, 0.5) is 0 Å². The first-order valence-electron chi connectivity index (χ1n) is 12.6. The summed E-state index contributed by atoms with van der Waals surface area (Å²) in [6, 6.07) is 12.6. The molecule has 1 saturated carbocycles. The number of piperazine rings is 1. The van der Waals surface area contributed by atoms with Crippen LogP contribution in [0.15, 0.2) is 42.5 Å². The molecule has 10 heteroatoms. The third kappa shape index (κ3) is 7.25. The van der Waals surface area contributed by atoms with E-state index in [1.54, 1.807) is 17.0 Å². The predicted octanol–water partition coefficient (Wildman–Crippen LogP) is 4.48. The van der Waals surface area contributed by atoms with Crippen LogP contribution in [-0.2, 0) is 14.8 Å². The number of carbonyl (C=O) groups excluding carboxylic acids is 2. The lowest BCUT2D eigenvalue weighted by atomic mass is 10.0. The third-order valence-electron chi connectivity index (χ3n) is 7.30. The summed E-state index contributed by atoms with van der Waals surface area (Å²) in [5.74, 6) is 0.565. The first-order chi connectivity index (χ1) is 17.5. The number of rotatable bonds is 9. The molecule has 4 rings (SSSR count). The normalized spacial score (nSPS) is 20.9. The number of amides is 2. The van der Waals surface area contributed by atoms with Gasteiger partial charge in [0, 0.05) is 31.7 Å². The summed E-state index contributed by atoms with van der Waals surface area (Å²) in [5.41, 5.74) is 2.94. The van der Waals surface area contributed by atoms with Crippen molar-refractivity contribution in [1.29, 1.82) is 0 Å². The van der Waals surface area contributed by atoms with Crippen molar-refractivity contribution in [1.82, 2.24) is 14.5 Å². The fourth-order valence-corrected chi connectivity index (χ4v) is 6.09. The number of sulfonamides is 1. The second-order valence-electron chi connectivity index (χ2n) is 10.1. The average molecular weight is 567 g/mol. The highest BCUT2D eigenvalue weighted by molar-refractivity contribution is 7.88. The molecule has 2 aromatic carbocycles. The number of nitrogens with zero attached hydrogens (tertiary/aromatic N) is 2. The zero-order valence-electron chi connectivity index (χ0n) is 21.1. The lowest BCUT2D eigenvalue weighted by Crippen LogP contribution is -2.55. The Morgan fingerprint density at radius 2 is 1.70 bits per heavy atom. The van der Waals surface area contributed by atoms with Gasteiger partial charge in [-0.25, -0.2) is 8.42 Å². The quantitative estimate of drug-likeness (QED) is 0.485. The molecule has 2 aromatic rings. The first kappa shape index (κ1) is 27.9. The second-order valence-corrected chi connectivity index (χ2v) is 12.9. The Balaban J connectivity index is 1.38. The van der Waals surface area contributed by atoms with Crippen LogP contribution in [0.5, 0.6) is 0 Å². The Labute approximate surface area is 229 Å². The number of carbonyl (C=O) groups is 2. The summed E-state index contributed by atoms with van der Waals surface area (Å²) < 4.78 is 25.1. The smallest absolute Gasteiger partial charge is 0.251 e. The Kier molecular flexibility index (Phi) is 8.84. The molecule has 0 unspecified atom stereocenters. The van der Waals surface area contributed by atoms with Gasteiger partial charge in [-0.15, -0.1) is 0 Å². The van der Waals surface area contributed by atoms with Gasteiger partial charge in [-0.2, -0.15) is 4.31 Å². The summed E-state index contributed by atoms with van der Waals surface area (Å²) >= 11 is 12.1. The number of halogens is 2. The van der Waals surface area contributed by atoms with Gasteiger partial charge < -0.3 is 10.2 Å². The van der Waals surface area contributed by atoms with Gasteiger partial charge in [0.2, 0.25) is 15.9 Å². The van der Waals surface area contributed by atoms with Gasteiger partial charge in [0.15, 0.2) is 0 Å². The second kappa shape index (κ2) is 11.7. The van der Waals surface area contributed by atoms with E-state index < -0.39 is 22.0 Å². The van der Waals surface area contributed by atoms with Gasteiger partial charge in [0.25, 0.3) is 5.91 Å². The zero-order valence-corrected chi connectivity index (χ0v) is 23.5. The van der Waals surface area contributed by atoms with Gasteiger partial charge in [-0.05, 0) is 61.8 Å². The van der Waals surface area contributed by atoms with Crippen LogP contribution in [0, 0.1) is 12.8 Å². The van der Waals surface area contributed by atoms with Crippen molar-refractivity contribution in [3.63, 3.8) is 0 Å². The molecular formula is C27H33Cl2N3O4S. The van der Waals surface area contributed by atoms with E-state index in [1.165, 1.54) is 27.8 Å². The number of aryl methyl sites for hydroxylation is 1. The molecule has 0 aromatic heterocycles. The summed E-state index contributed by atoms with van der Waals surface area (Å²) in [5, 5.41) is 3.52. The predicted molar refractivity (Wildman–Crippen MR) is 147 cm³/mol. The Bertz CT molecular complexity index is 1240. The molecule has 1 saturated heterocycles. The highest BCUT2D eigenvalue weighted by atomic mass is 35.5. The van der Waals surface area contributed by atoms with Crippen LogP contribution >= 0.6 is 23.2 Å². The van der Waals surface area contributed by atoms with E-state index in [1.807, 2.05) is 0 Å². The maximum atomic E-state index is 13.4. The lowest BCUT2D eigenvalue weighted by Gasteiger charge is -2.35. The molecule has 37 heavy (non-hydrogen) atoms. The molecule has 1 heterocycles. The molecule has 0 radical (unpaired) electrons. The lowest BCUT2D eigenvalue weighted by molar-refractivity contribution is -0.134. The van der Waals surface area contributed by atoms with E-state index >= 15 is 0 Å². The SMILES string of the molecule is Cc1ccc([C@@H]2C[C@H]2CCC[C@H](NC(=O)c2ccc(Cl)c(Cl)c2)C(=O)N2CCN(S(C)(=O)=O)CC2)cc1. The summed E-state index contributed by atoms with van der Waals surface area (Å²) in [7, 11) is -3.30. The summed E-state index contributed by atoms with van der Waals surface area (Å²) in [6.45, 7) is 3.17. The minimum Gasteiger partial charge on any atom is -0.340 e.